The fraction of sp³-hybridized carbons (Fsp3) is 0.538. The van der Waals surface area contributed by atoms with Gasteiger partial charge in [-0.25, -0.2) is 13.1 Å². The topological polar surface area (TPSA) is 46.2 Å². The maximum absolute atomic E-state index is 12.2. The molecule has 1 aliphatic rings. The predicted molar refractivity (Wildman–Crippen MR) is 85.9 cm³/mol. The van der Waals surface area contributed by atoms with Gasteiger partial charge in [-0.2, -0.15) is 0 Å². The molecular weight excluding hydrogens is 385 g/mol. The molecular formula is C13H16BrCl2NO2S. The van der Waals surface area contributed by atoms with Gasteiger partial charge in [-0.15, -0.1) is 11.6 Å². The van der Waals surface area contributed by atoms with Crippen molar-refractivity contribution in [3.63, 3.8) is 0 Å². The molecule has 1 aliphatic carbocycles. The normalized spacial score (nSPS) is 23.8. The van der Waals surface area contributed by atoms with Crippen molar-refractivity contribution in [3.8, 4) is 0 Å². The summed E-state index contributed by atoms with van der Waals surface area (Å²) >= 11 is 15.2. The second-order valence-electron chi connectivity index (χ2n) is 5.06. The minimum Gasteiger partial charge on any atom is -0.211 e. The van der Waals surface area contributed by atoms with Gasteiger partial charge >= 0.3 is 0 Å². The lowest BCUT2D eigenvalue weighted by atomic mass is 9.89. The lowest BCUT2D eigenvalue weighted by Crippen LogP contribution is -2.32. The summed E-state index contributed by atoms with van der Waals surface area (Å²) in [5.41, 5.74) is 0. The Morgan fingerprint density at radius 2 is 2.10 bits per heavy atom. The van der Waals surface area contributed by atoms with Crippen LogP contribution in [0.2, 0.25) is 5.02 Å². The van der Waals surface area contributed by atoms with Crippen LogP contribution in [-0.2, 0) is 10.0 Å². The van der Waals surface area contributed by atoms with Gasteiger partial charge in [-0.1, -0.05) is 18.0 Å². The van der Waals surface area contributed by atoms with Crippen LogP contribution in [0.25, 0.3) is 0 Å². The third-order valence-corrected chi connectivity index (χ3v) is 6.51. The zero-order valence-corrected chi connectivity index (χ0v) is 14.7. The van der Waals surface area contributed by atoms with Crippen LogP contribution >= 0.6 is 39.1 Å². The van der Waals surface area contributed by atoms with Crippen molar-refractivity contribution >= 4 is 49.2 Å². The average Bonchev–Trinajstić information content (AvgIpc) is 2.40. The van der Waals surface area contributed by atoms with E-state index in [1.54, 1.807) is 6.07 Å². The number of halogens is 3. The molecule has 0 aromatic heterocycles. The lowest BCUT2D eigenvalue weighted by Gasteiger charge is -2.25. The molecule has 1 saturated carbocycles. The highest BCUT2D eigenvalue weighted by Gasteiger charge is 2.23. The zero-order chi connectivity index (χ0) is 14.8. The molecule has 2 atom stereocenters. The van der Waals surface area contributed by atoms with Crippen LogP contribution in [0, 0.1) is 5.92 Å². The van der Waals surface area contributed by atoms with Crippen LogP contribution in [0.4, 0.5) is 0 Å². The van der Waals surface area contributed by atoms with Crippen LogP contribution in [0.15, 0.2) is 27.6 Å². The SMILES string of the molecule is O=S(=O)(NCC1CCCC(Cl)C1)c1ccc(Cl)c(Br)c1. The number of alkyl halides is 1. The summed E-state index contributed by atoms with van der Waals surface area (Å²) in [6.45, 7) is 0.436. The number of hydrogen-bond acceptors (Lipinski definition) is 2. The second kappa shape index (κ2) is 6.97. The van der Waals surface area contributed by atoms with Crippen LogP contribution < -0.4 is 4.72 Å². The van der Waals surface area contributed by atoms with Crippen molar-refractivity contribution in [1.82, 2.24) is 4.72 Å². The van der Waals surface area contributed by atoms with Gasteiger partial charge in [0.15, 0.2) is 0 Å². The standard InChI is InChI=1S/C13H16BrCl2NO2S/c14-12-7-11(4-5-13(12)16)20(18,19)17-8-9-2-1-3-10(15)6-9/h4-5,7,9-10,17H,1-3,6,8H2. The van der Waals surface area contributed by atoms with Gasteiger partial charge in [0.1, 0.15) is 0 Å². The Labute approximate surface area is 138 Å². The third kappa shape index (κ3) is 4.34. The Kier molecular flexibility index (Phi) is 5.77. The van der Waals surface area contributed by atoms with Gasteiger partial charge in [-0.05, 0) is 59.3 Å². The van der Waals surface area contributed by atoms with Crippen molar-refractivity contribution in [2.45, 2.75) is 36.0 Å². The monoisotopic (exact) mass is 399 g/mol. The largest absolute Gasteiger partial charge is 0.240 e. The van der Waals surface area contributed by atoms with Gasteiger partial charge in [0, 0.05) is 16.4 Å². The molecule has 2 rings (SSSR count). The van der Waals surface area contributed by atoms with E-state index < -0.39 is 10.0 Å². The minimum absolute atomic E-state index is 0.169. The molecule has 7 heteroatoms. The van der Waals surface area contributed by atoms with Crippen molar-refractivity contribution in [3.05, 3.63) is 27.7 Å². The van der Waals surface area contributed by atoms with E-state index in [9.17, 15) is 8.42 Å². The smallest absolute Gasteiger partial charge is 0.211 e. The van der Waals surface area contributed by atoms with E-state index >= 15 is 0 Å². The molecule has 0 amide bonds. The highest BCUT2D eigenvalue weighted by Crippen LogP contribution is 2.28. The van der Waals surface area contributed by atoms with Crippen LogP contribution in [-0.4, -0.2) is 20.3 Å². The Morgan fingerprint density at radius 3 is 2.75 bits per heavy atom. The van der Waals surface area contributed by atoms with E-state index in [4.69, 9.17) is 23.2 Å². The lowest BCUT2D eigenvalue weighted by molar-refractivity contribution is 0.361. The maximum Gasteiger partial charge on any atom is 0.240 e. The van der Waals surface area contributed by atoms with Gasteiger partial charge in [0.2, 0.25) is 10.0 Å². The molecule has 0 saturated heterocycles. The Morgan fingerprint density at radius 1 is 1.35 bits per heavy atom. The molecule has 1 aromatic carbocycles. The summed E-state index contributed by atoms with van der Waals surface area (Å²) in [6.07, 6.45) is 3.98. The molecule has 0 radical (unpaired) electrons. The molecule has 1 fully saturated rings. The summed E-state index contributed by atoms with van der Waals surface area (Å²) in [4.78, 5) is 0.215. The third-order valence-electron chi connectivity index (χ3n) is 3.48. The van der Waals surface area contributed by atoms with E-state index in [2.05, 4.69) is 20.7 Å². The first kappa shape index (κ1) is 16.6. The van der Waals surface area contributed by atoms with Gasteiger partial charge in [0.25, 0.3) is 0 Å². The summed E-state index contributed by atoms with van der Waals surface area (Å²) < 4.78 is 27.7. The van der Waals surface area contributed by atoms with Gasteiger partial charge in [0.05, 0.1) is 9.92 Å². The van der Waals surface area contributed by atoms with Gasteiger partial charge < -0.3 is 0 Å². The first-order valence-electron chi connectivity index (χ1n) is 6.47. The second-order valence-corrected chi connectivity index (χ2v) is 8.70. The molecule has 0 spiro atoms. The molecule has 0 bridgehead atoms. The number of nitrogens with one attached hydrogen (secondary N) is 1. The summed E-state index contributed by atoms with van der Waals surface area (Å²) in [5.74, 6) is 0.316. The Balaban J connectivity index is 2.01. The Bertz CT molecular complexity index is 580. The molecule has 20 heavy (non-hydrogen) atoms. The first-order chi connectivity index (χ1) is 9.38. The van der Waals surface area contributed by atoms with Crippen LogP contribution in [0.5, 0.6) is 0 Å². The average molecular weight is 401 g/mol. The van der Waals surface area contributed by atoms with E-state index in [1.807, 2.05) is 0 Å². The highest BCUT2D eigenvalue weighted by atomic mass is 79.9. The molecule has 1 aromatic rings. The number of hydrogen-bond donors (Lipinski definition) is 1. The Hall–Kier alpha value is 0.190. The molecule has 0 aliphatic heterocycles. The van der Waals surface area contributed by atoms with E-state index in [1.165, 1.54) is 12.1 Å². The van der Waals surface area contributed by atoms with E-state index in [0.717, 1.165) is 25.7 Å². The molecule has 0 heterocycles. The quantitative estimate of drug-likeness (QED) is 0.770. The molecule has 3 nitrogen and oxygen atoms in total. The summed E-state index contributed by atoms with van der Waals surface area (Å²) in [7, 11) is -3.50. The van der Waals surface area contributed by atoms with E-state index in [0.29, 0.717) is 22.0 Å². The fourth-order valence-electron chi connectivity index (χ4n) is 2.37. The van der Waals surface area contributed by atoms with Gasteiger partial charge in [-0.3, -0.25) is 0 Å². The molecule has 1 N–H and O–H groups in total. The van der Waals surface area contributed by atoms with Crippen molar-refractivity contribution in [1.29, 1.82) is 0 Å². The van der Waals surface area contributed by atoms with Crippen LogP contribution in [0.1, 0.15) is 25.7 Å². The maximum atomic E-state index is 12.2. The number of rotatable bonds is 4. The van der Waals surface area contributed by atoms with Crippen molar-refractivity contribution in [2.75, 3.05) is 6.54 Å². The summed E-state index contributed by atoms with van der Waals surface area (Å²) in [6, 6.07) is 4.58. The zero-order valence-electron chi connectivity index (χ0n) is 10.8. The van der Waals surface area contributed by atoms with Crippen molar-refractivity contribution < 1.29 is 8.42 Å². The number of sulfonamides is 1. The highest BCUT2D eigenvalue weighted by molar-refractivity contribution is 9.10. The predicted octanol–water partition coefficient (Wildman–Crippen LogP) is 4.18. The fourth-order valence-corrected chi connectivity index (χ4v) is 4.56. The number of benzene rings is 1. The molecule has 2 unspecified atom stereocenters. The molecule has 112 valence electrons. The van der Waals surface area contributed by atoms with Crippen molar-refractivity contribution in [2.24, 2.45) is 5.92 Å². The summed E-state index contributed by atoms with van der Waals surface area (Å²) in [5, 5.41) is 0.657. The van der Waals surface area contributed by atoms with E-state index in [-0.39, 0.29) is 10.3 Å². The van der Waals surface area contributed by atoms with Crippen LogP contribution in [0.3, 0.4) is 0 Å². The minimum atomic E-state index is -3.50. The first-order valence-corrected chi connectivity index (χ1v) is 9.56.